The topological polar surface area (TPSA) is 82.6 Å². The molecule has 8 heteroatoms. The van der Waals surface area contributed by atoms with E-state index < -0.39 is 0 Å². The number of hydrogen-bond donors (Lipinski definition) is 2. The first-order chi connectivity index (χ1) is 14.6. The van der Waals surface area contributed by atoms with Gasteiger partial charge in [-0.25, -0.2) is 0 Å². The Morgan fingerprint density at radius 2 is 1.33 bits per heavy atom. The van der Waals surface area contributed by atoms with Gasteiger partial charge in [0.25, 0.3) is 0 Å². The monoisotopic (exact) mass is 417 g/mol. The van der Waals surface area contributed by atoms with Crippen molar-refractivity contribution in [2.75, 3.05) is 49.1 Å². The lowest BCUT2D eigenvalue weighted by Crippen LogP contribution is -2.37. The van der Waals surface area contributed by atoms with Gasteiger partial charge in [0.1, 0.15) is 0 Å². The van der Waals surface area contributed by atoms with Gasteiger partial charge in [-0.1, -0.05) is 6.07 Å². The largest absolute Gasteiger partial charge is 0.493 e. The van der Waals surface area contributed by atoms with E-state index in [0.29, 0.717) is 36.3 Å². The third-order valence-electron chi connectivity index (χ3n) is 4.56. The van der Waals surface area contributed by atoms with E-state index in [1.807, 2.05) is 30.3 Å². The Morgan fingerprint density at radius 3 is 1.87 bits per heavy atom. The van der Waals surface area contributed by atoms with Gasteiger partial charge in [-0.15, -0.1) is 0 Å². The van der Waals surface area contributed by atoms with Gasteiger partial charge in [0.2, 0.25) is 5.75 Å². The molecule has 0 amide bonds. The normalized spacial score (nSPS) is 10.9. The highest BCUT2D eigenvalue weighted by Crippen LogP contribution is 2.38. The van der Waals surface area contributed by atoms with Crippen molar-refractivity contribution >= 4 is 5.96 Å². The Morgan fingerprint density at radius 1 is 0.733 bits per heavy atom. The number of ether oxygens (including phenoxy) is 5. The molecule has 30 heavy (non-hydrogen) atoms. The van der Waals surface area contributed by atoms with Crippen LogP contribution in [0.2, 0.25) is 0 Å². The van der Waals surface area contributed by atoms with E-state index in [0.717, 1.165) is 29.0 Å². The average Bonchev–Trinajstić information content (AvgIpc) is 2.80. The van der Waals surface area contributed by atoms with Crippen molar-refractivity contribution in [1.82, 2.24) is 10.6 Å². The lowest BCUT2D eigenvalue weighted by Gasteiger charge is -2.16. The van der Waals surface area contributed by atoms with E-state index in [9.17, 15) is 0 Å². The summed E-state index contributed by atoms with van der Waals surface area (Å²) in [6.07, 6.45) is 0.811. The first-order valence-electron chi connectivity index (χ1n) is 9.54. The van der Waals surface area contributed by atoms with Crippen LogP contribution in [-0.2, 0) is 13.0 Å². The van der Waals surface area contributed by atoms with E-state index in [1.165, 1.54) is 0 Å². The molecule has 2 aromatic carbocycles. The summed E-state index contributed by atoms with van der Waals surface area (Å²) in [5, 5.41) is 6.61. The maximum Gasteiger partial charge on any atom is 0.203 e. The van der Waals surface area contributed by atoms with Gasteiger partial charge in [-0.3, -0.25) is 4.99 Å². The molecule has 0 spiro atoms. The highest BCUT2D eigenvalue weighted by atomic mass is 16.5. The molecule has 0 aromatic heterocycles. The van der Waals surface area contributed by atoms with Crippen LogP contribution in [0.4, 0.5) is 0 Å². The predicted molar refractivity (Wildman–Crippen MR) is 118 cm³/mol. The maximum absolute atomic E-state index is 5.40. The van der Waals surface area contributed by atoms with Gasteiger partial charge in [0.05, 0.1) is 35.5 Å². The van der Waals surface area contributed by atoms with E-state index in [-0.39, 0.29) is 0 Å². The molecule has 0 unspecified atom stereocenters. The summed E-state index contributed by atoms with van der Waals surface area (Å²) in [7, 11) is 9.78. The second kappa shape index (κ2) is 11.6. The average molecular weight is 418 g/mol. The van der Waals surface area contributed by atoms with Gasteiger partial charge in [-0.2, -0.15) is 0 Å². The quantitative estimate of drug-likeness (QED) is 0.454. The first kappa shape index (κ1) is 23.0. The number of nitrogens with one attached hydrogen (secondary N) is 2. The highest BCUT2D eigenvalue weighted by molar-refractivity contribution is 5.79. The molecule has 0 bridgehead atoms. The third kappa shape index (κ3) is 5.85. The van der Waals surface area contributed by atoms with Crippen LogP contribution >= 0.6 is 0 Å². The molecule has 0 atom stereocenters. The molecule has 0 aliphatic heterocycles. The summed E-state index contributed by atoms with van der Waals surface area (Å²) >= 11 is 0. The number of benzene rings is 2. The third-order valence-corrected chi connectivity index (χ3v) is 4.56. The molecule has 0 radical (unpaired) electrons. The van der Waals surface area contributed by atoms with Gasteiger partial charge >= 0.3 is 0 Å². The van der Waals surface area contributed by atoms with Crippen molar-refractivity contribution in [3.8, 4) is 28.7 Å². The second-order valence-corrected chi connectivity index (χ2v) is 6.33. The van der Waals surface area contributed by atoms with Crippen molar-refractivity contribution in [3.63, 3.8) is 0 Å². The zero-order valence-corrected chi connectivity index (χ0v) is 18.5. The Hall–Kier alpha value is -3.29. The van der Waals surface area contributed by atoms with Crippen LogP contribution in [0.3, 0.4) is 0 Å². The summed E-state index contributed by atoms with van der Waals surface area (Å²) in [6, 6.07) is 9.73. The van der Waals surface area contributed by atoms with E-state index in [4.69, 9.17) is 23.7 Å². The molecule has 8 nitrogen and oxygen atoms in total. The molecule has 0 fully saturated rings. The van der Waals surface area contributed by atoms with Gasteiger partial charge in [-0.05, 0) is 41.8 Å². The molecule has 0 saturated heterocycles. The minimum absolute atomic E-state index is 0.548. The summed E-state index contributed by atoms with van der Waals surface area (Å²) < 4.78 is 26.8. The highest BCUT2D eigenvalue weighted by Gasteiger charge is 2.13. The van der Waals surface area contributed by atoms with Crippen LogP contribution in [0.15, 0.2) is 35.3 Å². The molecule has 2 rings (SSSR count). The number of aliphatic imine (C=N–C) groups is 1. The fourth-order valence-corrected chi connectivity index (χ4v) is 3.01. The molecule has 0 aliphatic carbocycles. The van der Waals surface area contributed by atoms with Crippen LogP contribution in [0, 0.1) is 0 Å². The van der Waals surface area contributed by atoms with Crippen LogP contribution in [0.1, 0.15) is 11.1 Å². The van der Waals surface area contributed by atoms with Crippen molar-refractivity contribution in [3.05, 3.63) is 41.5 Å². The first-order valence-corrected chi connectivity index (χ1v) is 9.54. The fourth-order valence-electron chi connectivity index (χ4n) is 3.01. The van der Waals surface area contributed by atoms with Crippen LogP contribution in [-0.4, -0.2) is 55.1 Å². The van der Waals surface area contributed by atoms with Crippen LogP contribution in [0.5, 0.6) is 28.7 Å². The lowest BCUT2D eigenvalue weighted by molar-refractivity contribution is 0.323. The zero-order valence-electron chi connectivity index (χ0n) is 18.5. The summed E-state index contributed by atoms with van der Waals surface area (Å²) in [6.45, 7) is 1.26. The van der Waals surface area contributed by atoms with E-state index in [2.05, 4.69) is 15.6 Å². The van der Waals surface area contributed by atoms with Gasteiger partial charge < -0.3 is 34.3 Å². The van der Waals surface area contributed by atoms with Crippen molar-refractivity contribution in [2.45, 2.75) is 13.0 Å². The number of methoxy groups -OCH3 is 5. The van der Waals surface area contributed by atoms with Gasteiger partial charge in [0, 0.05) is 20.1 Å². The Balaban J connectivity index is 1.94. The van der Waals surface area contributed by atoms with E-state index >= 15 is 0 Å². The smallest absolute Gasteiger partial charge is 0.203 e. The zero-order chi connectivity index (χ0) is 21.9. The summed E-state index contributed by atoms with van der Waals surface area (Å²) in [5.41, 5.74) is 2.12. The van der Waals surface area contributed by atoms with Crippen molar-refractivity contribution < 1.29 is 23.7 Å². The van der Waals surface area contributed by atoms with Crippen LogP contribution in [0.25, 0.3) is 0 Å². The Bertz CT molecular complexity index is 830. The van der Waals surface area contributed by atoms with E-state index in [1.54, 1.807) is 42.6 Å². The molecule has 164 valence electrons. The van der Waals surface area contributed by atoms with Gasteiger partial charge in [0.15, 0.2) is 29.0 Å². The number of nitrogens with zero attached hydrogens (tertiary/aromatic N) is 1. The summed E-state index contributed by atoms with van der Waals surface area (Å²) in [5.74, 6) is 3.94. The van der Waals surface area contributed by atoms with Crippen LogP contribution < -0.4 is 34.3 Å². The molecule has 2 N–H and O–H groups in total. The predicted octanol–water partition coefficient (Wildman–Crippen LogP) is 2.64. The Kier molecular flexibility index (Phi) is 8.93. The molecular formula is C22H31N3O5. The number of guanidine groups is 1. The van der Waals surface area contributed by atoms with Crippen molar-refractivity contribution in [1.29, 1.82) is 0 Å². The molecular weight excluding hydrogens is 386 g/mol. The minimum atomic E-state index is 0.548. The molecule has 0 heterocycles. The maximum atomic E-state index is 5.40. The summed E-state index contributed by atoms with van der Waals surface area (Å²) in [4.78, 5) is 4.28. The number of rotatable bonds is 10. The Labute approximate surface area is 178 Å². The molecule has 2 aromatic rings. The second-order valence-electron chi connectivity index (χ2n) is 6.33. The standard InChI is InChI=1S/C22H31N3O5/c1-23-22(24-10-9-15-7-8-17(26-2)18(11-15)27-3)25-14-16-12-19(28-4)21(30-6)20(13-16)29-5/h7-8,11-13H,9-10,14H2,1-6H3,(H2,23,24,25). The minimum Gasteiger partial charge on any atom is -0.493 e. The molecule has 0 saturated carbocycles. The lowest BCUT2D eigenvalue weighted by atomic mass is 10.1. The fraction of sp³-hybridized carbons (Fsp3) is 0.409. The molecule has 0 aliphatic rings. The number of hydrogen-bond acceptors (Lipinski definition) is 6. The SMILES string of the molecule is CN=C(NCCc1ccc(OC)c(OC)c1)NCc1cc(OC)c(OC)c(OC)c1. The van der Waals surface area contributed by atoms with Crippen molar-refractivity contribution in [2.24, 2.45) is 4.99 Å².